The first-order chi connectivity index (χ1) is 13.6. The first-order valence-electron chi connectivity index (χ1n) is 10.8. The number of aryl methyl sites for hydroxylation is 2. The minimum atomic E-state index is -0.147. The zero-order chi connectivity index (χ0) is 19.7. The van der Waals surface area contributed by atoms with Gasteiger partial charge in [-0.05, 0) is 75.7 Å². The molecule has 0 atom stereocenters. The Bertz CT molecular complexity index is 828. The van der Waals surface area contributed by atoms with Crippen LogP contribution in [0.1, 0.15) is 49.7 Å². The lowest BCUT2D eigenvalue weighted by atomic mass is 9.87. The molecule has 2 fully saturated rings. The first-order valence-corrected chi connectivity index (χ1v) is 10.8. The highest BCUT2D eigenvalue weighted by Gasteiger charge is 2.31. The van der Waals surface area contributed by atoms with E-state index in [1.54, 1.807) is 0 Å². The van der Waals surface area contributed by atoms with Gasteiger partial charge in [-0.25, -0.2) is 4.79 Å². The summed E-state index contributed by atoms with van der Waals surface area (Å²) in [6.45, 7) is 8.47. The van der Waals surface area contributed by atoms with Crippen molar-refractivity contribution in [2.75, 3.05) is 32.8 Å². The van der Waals surface area contributed by atoms with E-state index in [4.69, 9.17) is 4.74 Å². The number of hydrogen-bond acceptors (Lipinski definition) is 3. The summed E-state index contributed by atoms with van der Waals surface area (Å²) >= 11 is 0. The van der Waals surface area contributed by atoms with Crippen LogP contribution in [0.25, 0.3) is 10.9 Å². The summed E-state index contributed by atoms with van der Waals surface area (Å²) < 4.78 is 7.43. The van der Waals surface area contributed by atoms with E-state index in [0.29, 0.717) is 18.6 Å². The van der Waals surface area contributed by atoms with E-state index in [0.717, 1.165) is 39.0 Å². The van der Waals surface area contributed by atoms with Gasteiger partial charge in [-0.2, -0.15) is 0 Å². The minimum Gasteiger partial charge on any atom is -0.450 e. The number of ether oxygens (including phenoxy) is 1. The lowest BCUT2D eigenvalue weighted by Gasteiger charge is -2.41. The van der Waals surface area contributed by atoms with Gasteiger partial charge in [0.2, 0.25) is 0 Å². The Morgan fingerprint density at radius 3 is 2.50 bits per heavy atom. The van der Waals surface area contributed by atoms with Crippen LogP contribution >= 0.6 is 0 Å². The largest absolute Gasteiger partial charge is 0.450 e. The number of piperidine rings is 2. The van der Waals surface area contributed by atoms with Crippen LogP contribution in [0.4, 0.5) is 4.79 Å². The lowest BCUT2D eigenvalue weighted by Crippen LogP contribution is -2.48. The highest BCUT2D eigenvalue weighted by Crippen LogP contribution is 2.35. The zero-order valence-corrected chi connectivity index (χ0v) is 17.5. The van der Waals surface area contributed by atoms with E-state index in [1.807, 2.05) is 11.8 Å². The molecular formula is C23H33N3O2. The monoisotopic (exact) mass is 383 g/mol. The molecule has 5 heteroatoms. The fraction of sp³-hybridized carbons (Fsp3) is 0.609. The number of hydrogen-bond donors (Lipinski definition) is 0. The maximum atomic E-state index is 11.9. The molecule has 1 aromatic carbocycles. The summed E-state index contributed by atoms with van der Waals surface area (Å²) in [5.74, 6) is 0.655. The van der Waals surface area contributed by atoms with Crippen molar-refractivity contribution in [2.24, 2.45) is 7.05 Å². The molecule has 0 unspecified atom stereocenters. The van der Waals surface area contributed by atoms with Gasteiger partial charge in [0, 0.05) is 43.3 Å². The number of carbonyl (C=O) groups excluding carboxylic acids is 1. The van der Waals surface area contributed by atoms with Crippen molar-refractivity contribution in [1.82, 2.24) is 14.4 Å². The van der Waals surface area contributed by atoms with Crippen molar-refractivity contribution >= 4 is 17.0 Å². The molecule has 5 nitrogen and oxygen atoms in total. The van der Waals surface area contributed by atoms with E-state index in [1.165, 1.54) is 34.9 Å². The molecule has 2 saturated heterocycles. The van der Waals surface area contributed by atoms with E-state index in [-0.39, 0.29) is 6.09 Å². The predicted molar refractivity (Wildman–Crippen MR) is 113 cm³/mol. The maximum absolute atomic E-state index is 11.9. The summed E-state index contributed by atoms with van der Waals surface area (Å²) in [5, 5.41) is 1.43. The summed E-state index contributed by atoms with van der Waals surface area (Å²) in [6, 6.07) is 7.45. The molecule has 0 spiro atoms. The summed E-state index contributed by atoms with van der Waals surface area (Å²) in [6.07, 6.45) is 6.79. The molecule has 0 radical (unpaired) electrons. The Hall–Kier alpha value is -2.01. The highest BCUT2D eigenvalue weighted by molar-refractivity contribution is 5.85. The quantitative estimate of drug-likeness (QED) is 0.794. The number of nitrogens with zero attached hydrogens (tertiary/aromatic N) is 3. The van der Waals surface area contributed by atoms with E-state index in [2.05, 4.69) is 47.8 Å². The van der Waals surface area contributed by atoms with Crippen LogP contribution in [0.15, 0.2) is 24.4 Å². The second-order valence-corrected chi connectivity index (χ2v) is 8.44. The number of benzene rings is 1. The molecule has 2 aromatic rings. The van der Waals surface area contributed by atoms with Crippen molar-refractivity contribution in [1.29, 1.82) is 0 Å². The van der Waals surface area contributed by atoms with Crippen LogP contribution in [0.2, 0.25) is 0 Å². The molecule has 0 aliphatic carbocycles. The van der Waals surface area contributed by atoms with Crippen molar-refractivity contribution in [3.63, 3.8) is 0 Å². The van der Waals surface area contributed by atoms with Crippen molar-refractivity contribution in [3.8, 4) is 0 Å². The van der Waals surface area contributed by atoms with Gasteiger partial charge >= 0.3 is 6.09 Å². The first kappa shape index (κ1) is 19.3. The molecule has 0 bridgehead atoms. The Morgan fingerprint density at radius 1 is 1.11 bits per heavy atom. The van der Waals surface area contributed by atoms with Gasteiger partial charge in [-0.3, -0.25) is 0 Å². The van der Waals surface area contributed by atoms with E-state index in [9.17, 15) is 4.79 Å². The molecule has 2 aliphatic heterocycles. The standard InChI is InChI=1S/C23H33N3O2/c1-4-28-23(27)26-13-9-19(10-14-26)25-11-7-18(8-12-25)21-16-24(3)22-15-17(2)5-6-20(21)22/h5-6,15-16,18-19H,4,7-14H2,1-3H3. The molecular weight excluding hydrogens is 350 g/mol. The Morgan fingerprint density at radius 2 is 1.82 bits per heavy atom. The number of rotatable bonds is 3. The van der Waals surface area contributed by atoms with Crippen LogP contribution in [0, 0.1) is 6.92 Å². The van der Waals surface area contributed by atoms with Gasteiger partial charge in [0.05, 0.1) is 6.61 Å². The lowest BCUT2D eigenvalue weighted by molar-refractivity contribution is 0.0663. The molecule has 3 heterocycles. The number of fused-ring (bicyclic) bond motifs is 1. The maximum Gasteiger partial charge on any atom is 0.409 e. The third kappa shape index (κ3) is 3.77. The fourth-order valence-electron chi connectivity index (χ4n) is 5.05. The van der Waals surface area contributed by atoms with E-state index < -0.39 is 0 Å². The average molecular weight is 384 g/mol. The second-order valence-electron chi connectivity index (χ2n) is 8.44. The van der Waals surface area contributed by atoms with E-state index >= 15 is 0 Å². The average Bonchev–Trinajstić information content (AvgIpc) is 3.04. The third-order valence-corrected chi connectivity index (χ3v) is 6.65. The fourth-order valence-corrected chi connectivity index (χ4v) is 5.05. The van der Waals surface area contributed by atoms with Crippen molar-refractivity contribution in [3.05, 3.63) is 35.5 Å². The van der Waals surface area contributed by atoms with Crippen molar-refractivity contribution in [2.45, 2.75) is 51.5 Å². The molecule has 0 N–H and O–H groups in total. The Kier molecular flexibility index (Phi) is 5.63. The smallest absolute Gasteiger partial charge is 0.409 e. The Labute approximate surface area is 168 Å². The summed E-state index contributed by atoms with van der Waals surface area (Å²) in [5.41, 5.74) is 4.20. The molecule has 4 rings (SSSR count). The van der Waals surface area contributed by atoms with Crippen LogP contribution < -0.4 is 0 Å². The summed E-state index contributed by atoms with van der Waals surface area (Å²) in [4.78, 5) is 16.4. The van der Waals surface area contributed by atoms with Crippen molar-refractivity contribution < 1.29 is 9.53 Å². The normalized spacial score (nSPS) is 20.0. The molecule has 28 heavy (non-hydrogen) atoms. The molecule has 1 aromatic heterocycles. The Balaban J connectivity index is 1.35. The van der Waals surface area contributed by atoms with Crippen LogP contribution in [-0.2, 0) is 11.8 Å². The highest BCUT2D eigenvalue weighted by atomic mass is 16.6. The molecule has 152 valence electrons. The van der Waals surface area contributed by atoms with Gasteiger partial charge in [-0.1, -0.05) is 12.1 Å². The topological polar surface area (TPSA) is 37.7 Å². The predicted octanol–water partition coefficient (Wildman–Crippen LogP) is 4.29. The van der Waals surface area contributed by atoms with Gasteiger partial charge in [0.1, 0.15) is 0 Å². The summed E-state index contributed by atoms with van der Waals surface area (Å²) in [7, 11) is 2.16. The molecule has 0 saturated carbocycles. The number of amides is 1. The SMILES string of the molecule is CCOC(=O)N1CCC(N2CCC(c3cn(C)c4cc(C)ccc34)CC2)CC1. The van der Waals surface area contributed by atoms with Crippen LogP contribution in [0.5, 0.6) is 0 Å². The van der Waals surface area contributed by atoms with Gasteiger partial charge in [0.15, 0.2) is 0 Å². The molecule has 1 amide bonds. The van der Waals surface area contributed by atoms with Crippen LogP contribution in [0.3, 0.4) is 0 Å². The molecule has 2 aliphatic rings. The van der Waals surface area contributed by atoms with Gasteiger partial charge in [-0.15, -0.1) is 0 Å². The zero-order valence-electron chi connectivity index (χ0n) is 17.5. The second kappa shape index (κ2) is 8.16. The van der Waals surface area contributed by atoms with Gasteiger partial charge in [0.25, 0.3) is 0 Å². The number of aromatic nitrogens is 1. The van der Waals surface area contributed by atoms with Gasteiger partial charge < -0.3 is 19.1 Å². The number of likely N-dealkylation sites (tertiary alicyclic amines) is 2. The number of carbonyl (C=O) groups is 1. The third-order valence-electron chi connectivity index (χ3n) is 6.65. The minimum absolute atomic E-state index is 0.147. The van der Waals surface area contributed by atoms with Crippen LogP contribution in [-0.4, -0.2) is 59.3 Å².